The average molecular weight is 502 g/mol. The highest BCUT2D eigenvalue weighted by Gasteiger charge is 2.27. The summed E-state index contributed by atoms with van der Waals surface area (Å²) < 4.78 is 0. The Kier molecular flexibility index (Phi) is 7.50. The zero-order chi connectivity index (χ0) is 26.3. The maximum absolute atomic E-state index is 14.0. The second-order valence-electron chi connectivity index (χ2n) is 9.03. The second kappa shape index (κ2) is 11.5. The first-order chi connectivity index (χ1) is 18.6. The Morgan fingerprint density at radius 2 is 1.47 bits per heavy atom. The van der Waals surface area contributed by atoms with Crippen molar-refractivity contribution in [3.8, 4) is 11.3 Å². The topological polar surface area (TPSA) is 92.2 Å². The van der Waals surface area contributed by atoms with Gasteiger partial charge in [0.1, 0.15) is 0 Å². The van der Waals surface area contributed by atoms with Crippen LogP contribution in [0.25, 0.3) is 22.2 Å². The minimum Gasteiger partial charge on any atom is -0.479 e. The number of aromatic nitrogens is 2. The molecule has 38 heavy (non-hydrogen) atoms. The van der Waals surface area contributed by atoms with Crippen LogP contribution in [0.4, 0.5) is 0 Å². The van der Waals surface area contributed by atoms with Crippen molar-refractivity contribution >= 4 is 22.8 Å². The molecule has 5 rings (SSSR count). The van der Waals surface area contributed by atoms with Gasteiger partial charge in [-0.05, 0) is 48.6 Å². The Bertz CT molecular complexity index is 1560. The molecule has 0 spiro atoms. The van der Waals surface area contributed by atoms with Crippen LogP contribution >= 0.6 is 0 Å². The van der Waals surface area contributed by atoms with Crippen LogP contribution in [-0.4, -0.2) is 27.0 Å². The summed E-state index contributed by atoms with van der Waals surface area (Å²) in [5.41, 5.74) is 5.03. The number of para-hydroxylation sites is 1. The molecule has 0 aliphatic rings. The maximum atomic E-state index is 14.0. The molecule has 6 heteroatoms. The van der Waals surface area contributed by atoms with Crippen molar-refractivity contribution in [3.05, 3.63) is 132 Å². The van der Waals surface area contributed by atoms with Crippen molar-refractivity contribution in [2.75, 3.05) is 0 Å². The van der Waals surface area contributed by atoms with Crippen LogP contribution in [0.3, 0.4) is 0 Å². The van der Waals surface area contributed by atoms with Gasteiger partial charge >= 0.3 is 5.97 Å². The van der Waals surface area contributed by atoms with Gasteiger partial charge in [0, 0.05) is 22.8 Å². The van der Waals surface area contributed by atoms with Gasteiger partial charge in [0.05, 0.1) is 16.8 Å². The summed E-state index contributed by atoms with van der Waals surface area (Å²) in [6.07, 6.45) is 3.84. The number of pyridine rings is 2. The Labute approximate surface area is 221 Å². The standard InChI is InChI=1S/C32H27N3O3/c36-31(35-30(32(37)38)23-14-5-2-6-15-23)28-25-18-7-8-20-27(25)34-29(22-12-3-1-4-13-22)26(28)19-11-17-24-16-9-10-21-33-24/h1-10,12-16,18,20-21,30H,11,17,19H2,(H,35,36)(H,37,38). The summed E-state index contributed by atoms with van der Waals surface area (Å²) in [6.45, 7) is 0. The minimum absolute atomic E-state index is 0.440. The normalized spacial score (nSPS) is 11.7. The van der Waals surface area contributed by atoms with Gasteiger partial charge in [-0.25, -0.2) is 9.78 Å². The van der Waals surface area contributed by atoms with Crippen molar-refractivity contribution in [3.63, 3.8) is 0 Å². The van der Waals surface area contributed by atoms with Gasteiger partial charge in [-0.2, -0.15) is 0 Å². The highest BCUT2D eigenvalue weighted by molar-refractivity contribution is 6.10. The molecule has 1 atom stereocenters. The summed E-state index contributed by atoms with van der Waals surface area (Å²) >= 11 is 0. The van der Waals surface area contributed by atoms with Crippen molar-refractivity contribution in [1.82, 2.24) is 15.3 Å². The van der Waals surface area contributed by atoms with Crippen LogP contribution < -0.4 is 5.32 Å². The van der Waals surface area contributed by atoms with Crippen molar-refractivity contribution in [2.45, 2.75) is 25.3 Å². The molecule has 0 bridgehead atoms. The summed E-state index contributed by atoms with van der Waals surface area (Å²) in [7, 11) is 0. The number of hydrogen-bond acceptors (Lipinski definition) is 4. The lowest BCUT2D eigenvalue weighted by molar-refractivity contribution is -0.139. The monoisotopic (exact) mass is 501 g/mol. The lowest BCUT2D eigenvalue weighted by atomic mass is 9.92. The number of amides is 1. The maximum Gasteiger partial charge on any atom is 0.330 e. The van der Waals surface area contributed by atoms with Gasteiger partial charge in [-0.3, -0.25) is 9.78 Å². The number of aryl methyl sites for hydroxylation is 1. The van der Waals surface area contributed by atoms with Crippen LogP contribution in [-0.2, 0) is 17.6 Å². The van der Waals surface area contributed by atoms with E-state index >= 15 is 0 Å². The number of carboxylic acid groups (broad SMARTS) is 1. The Balaban J connectivity index is 1.61. The Morgan fingerprint density at radius 1 is 0.789 bits per heavy atom. The molecule has 1 amide bonds. The van der Waals surface area contributed by atoms with E-state index in [2.05, 4.69) is 10.3 Å². The predicted molar refractivity (Wildman–Crippen MR) is 148 cm³/mol. The number of hydrogen-bond donors (Lipinski definition) is 2. The quantitative estimate of drug-likeness (QED) is 0.257. The summed E-state index contributed by atoms with van der Waals surface area (Å²) in [5.74, 6) is -1.56. The Morgan fingerprint density at radius 3 is 2.18 bits per heavy atom. The van der Waals surface area contributed by atoms with E-state index < -0.39 is 17.9 Å². The third kappa shape index (κ3) is 5.44. The smallest absolute Gasteiger partial charge is 0.330 e. The molecular weight excluding hydrogens is 474 g/mol. The summed E-state index contributed by atoms with van der Waals surface area (Å²) in [4.78, 5) is 35.6. The number of benzene rings is 3. The van der Waals surface area contributed by atoms with Gasteiger partial charge in [0.15, 0.2) is 6.04 Å². The summed E-state index contributed by atoms with van der Waals surface area (Å²) in [6, 6.07) is 30.7. The third-order valence-corrected chi connectivity index (χ3v) is 6.51. The molecule has 0 aliphatic carbocycles. The number of rotatable bonds is 9. The number of carboxylic acids is 1. The molecule has 0 saturated carbocycles. The number of carbonyl (C=O) groups excluding carboxylic acids is 1. The van der Waals surface area contributed by atoms with Gasteiger partial charge in [-0.1, -0.05) is 84.9 Å². The molecule has 6 nitrogen and oxygen atoms in total. The van der Waals surface area contributed by atoms with Gasteiger partial charge in [0.2, 0.25) is 0 Å². The first-order valence-corrected chi connectivity index (χ1v) is 12.6. The van der Waals surface area contributed by atoms with E-state index in [1.165, 1.54) is 0 Å². The number of nitrogens with one attached hydrogen (secondary N) is 1. The SMILES string of the molecule is O=C(NC(C(=O)O)c1ccccc1)c1c(CCCc2ccccn2)c(-c2ccccc2)nc2ccccc12. The molecule has 0 saturated heterocycles. The predicted octanol–water partition coefficient (Wildman–Crippen LogP) is 6.03. The highest BCUT2D eigenvalue weighted by Crippen LogP contribution is 2.32. The zero-order valence-electron chi connectivity index (χ0n) is 20.7. The van der Waals surface area contributed by atoms with E-state index in [1.807, 2.05) is 78.9 Å². The second-order valence-corrected chi connectivity index (χ2v) is 9.03. The van der Waals surface area contributed by atoms with Crippen molar-refractivity contribution in [1.29, 1.82) is 0 Å². The zero-order valence-corrected chi connectivity index (χ0v) is 20.7. The molecule has 2 N–H and O–H groups in total. The van der Waals surface area contributed by atoms with Crippen molar-refractivity contribution < 1.29 is 14.7 Å². The Hall–Kier alpha value is -4.84. The van der Waals surface area contributed by atoms with Crippen LogP contribution in [0.15, 0.2) is 109 Å². The largest absolute Gasteiger partial charge is 0.479 e. The molecule has 0 aliphatic heterocycles. The molecule has 3 aromatic carbocycles. The lowest BCUT2D eigenvalue weighted by Crippen LogP contribution is -2.34. The molecule has 2 aromatic heterocycles. The van der Waals surface area contributed by atoms with Crippen LogP contribution in [0.1, 0.15) is 39.6 Å². The van der Waals surface area contributed by atoms with Crippen LogP contribution in [0.5, 0.6) is 0 Å². The first-order valence-electron chi connectivity index (χ1n) is 12.6. The summed E-state index contributed by atoms with van der Waals surface area (Å²) in [5, 5.41) is 13.5. The fraction of sp³-hybridized carbons (Fsp3) is 0.125. The van der Waals surface area contributed by atoms with Crippen LogP contribution in [0, 0.1) is 0 Å². The average Bonchev–Trinajstić information content (AvgIpc) is 2.96. The molecule has 0 radical (unpaired) electrons. The van der Waals surface area contributed by atoms with E-state index in [0.717, 1.165) is 35.4 Å². The van der Waals surface area contributed by atoms with E-state index in [4.69, 9.17) is 4.98 Å². The highest BCUT2D eigenvalue weighted by atomic mass is 16.4. The number of aliphatic carboxylic acids is 1. The fourth-order valence-electron chi connectivity index (χ4n) is 4.72. The number of nitrogens with zero attached hydrogens (tertiary/aromatic N) is 2. The number of carbonyl (C=O) groups is 2. The van der Waals surface area contributed by atoms with E-state index in [0.29, 0.717) is 28.5 Å². The molecule has 5 aromatic rings. The third-order valence-electron chi connectivity index (χ3n) is 6.51. The minimum atomic E-state index is -1.18. The molecular formula is C32H27N3O3. The van der Waals surface area contributed by atoms with E-state index in [-0.39, 0.29) is 0 Å². The van der Waals surface area contributed by atoms with Crippen molar-refractivity contribution in [2.24, 2.45) is 0 Å². The molecule has 1 unspecified atom stereocenters. The van der Waals surface area contributed by atoms with Gasteiger partial charge < -0.3 is 10.4 Å². The molecule has 2 heterocycles. The first kappa shape index (κ1) is 24.8. The lowest BCUT2D eigenvalue weighted by Gasteiger charge is -2.20. The fourth-order valence-corrected chi connectivity index (χ4v) is 4.72. The molecule has 188 valence electrons. The van der Waals surface area contributed by atoms with Crippen LogP contribution in [0.2, 0.25) is 0 Å². The van der Waals surface area contributed by atoms with E-state index in [9.17, 15) is 14.7 Å². The van der Waals surface area contributed by atoms with Gasteiger partial charge in [0.25, 0.3) is 5.91 Å². The van der Waals surface area contributed by atoms with E-state index in [1.54, 1.807) is 30.5 Å². The van der Waals surface area contributed by atoms with Gasteiger partial charge in [-0.15, -0.1) is 0 Å². The number of fused-ring (bicyclic) bond motifs is 1. The molecule has 0 fully saturated rings.